The lowest BCUT2D eigenvalue weighted by Gasteiger charge is -2.20. The number of thiophene rings is 1. The number of fused-ring (bicyclic) bond motifs is 1. The summed E-state index contributed by atoms with van der Waals surface area (Å²) in [5.41, 5.74) is 0.870. The molecule has 2 aromatic rings. The molecular weight excluding hydrogens is 397 g/mol. The molecule has 2 aliphatic rings. The maximum absolute atomic E-state index is 13.0. The van der Waals surface area contributed by atoms with Crippen LogP contribution in [0.15, 0.2) is 17.5 Å². The first-order valence-electron chi connectivity index (χ1n) is 8.23. The van der Waals surface area contributed by atoms with E-state index >= 15 is 0 Å². The first kappa shape index (κ1) is 20.6. The summed E-state index contributed by atoms with van der Waals surface area (Å²) in [5, 5.41) is 6.51. The van der Waals surface area contributed by atoms with E-state index in [2.05, 4.69) is 26.6 Å². The van der Waals surface area contributed by atoms with Crippen LogP contribution in [0.2, 0.25) is 0 Å². The molecule has 2 aliphatic heterocycles. The summed E-state index contributed by atoms with van der Waals surface area (Å²) in [6.45, 7) is 5.96. The molecule has 0 saturated carbocycles. The summed E-state index contributed by atoms with van der Waals surface area (Å²) < 4.78 is 0. The fourth-order valence-electron chi connectivity index (χ4n) is 3.67. The molecule has 4 heterocycles. The number of aromatic nitrogens is 1. The van der Waals surface area contributed by atoms with Gasteiger partial charge in [-0.05, 0) is 56.1 Å². The molecule has 4 nitrogen and oxygen atoms in total. The number of likely N-dealkylation sites (tertiary alicyclic amines) is 1. The van der Waals surface area contributed by atoms with Crippen LogP contribution in [0.5, 0.6) is 0 Å². The van der Waals surface area contributed by atoms with Gasteiger partial charge in [-0.2, -0.15) is 0 Å². The molecular formula is C17H23Cl2N3OS2. The Morgan fingerprint density at radius 1 is 1.24 bits per heavy atom. The molecule has 0 radical (unpaired) electrons. The fourth-order valence-corrected chi connectivity index (χ4v) is 5.50. The number of carbonyl (C=O) groups is 1. The normalized spacial score (nSPS) is 22.5. The van der Waals surface area contributed by atoms with Gasteiger partial charge in [-0.3, -0.25) is 4.79 Å². The van der Waals surface area contributed by atoms with Gasteiger partial charge in [-0.25, -0.2) is 4.98 Å². The van der Waals surface area contributed by atoms with Gasteiger partial charge in [0.1, 0.15) is 9.88 Å². The van der Waals surface area contributed by atoms with Gasteiger partial charge in [-0.15, -0.1) is 47.5 Å². The zero-order valence-corrected chi connectivity index (χ0v) is 17.3. The SMILES string of the molecule is Cc1nc(-c2cccs2)sc1C(=O)N1CC[C@@H]2CNC[C@@H]2CC1.Cl.Cl. The van der Waals surface area contributed by atoms with E-state index in [9.17, 15) is 4.79 Å². The topological polar surface area (TPSA) is 45.2 Å². The van der Waals surface area contributed by atoms with Gasteiger partial charge >= 0.3 is 0 Å². The predicted molar refractivity (Wildman–Crippen MR) is 110 cm³/mol. The van der Waals surface area contributed by atoms with Gasteiger partial charge in [0.2, 0.25) is 0 Å². The minimum Gasteiger partial charge on any atom is -0.338 e. The summed E-state index contributed by atoms with van der Waals surface area (Å²) in [6.07, 6.45) is 2.25. The highest BCUT2D eigenvalue weighted by Crippen LogP contribution is 2.33. The largest absolute Gasteiger partial charge is 0.338 e. The molecule has 138 valence electrons. The number of hydrogen-bond acceptors (Lipinski definition) is 5. The Balaban J connectivity index is 0.00000113. The van der Waals surface area contributed by atoms with E-state index in [4.69, 9.17) is 0 Å². The van der Waals surface area contributed by atoms with Gasteiger partial charge in [0, 0.05) is 13.1 Å². The van der Waals surface area contributed by atoms with Gasteiger partial charge in [0.15, 0.2) is 0 Å². The zero-order chi connectivity index (χ0) is 15.8. The summed E-state index contributed by atoms with van der Waals surface area (Å²) in [5.74, 6) is 1.67. The quantitative estimate of drug-likeness (QED) is 0.796. The van der Waals surface area contributed by atoms with Crippen molar-refractivity contribution in [3.8, 4) is 9.88 Å². The molecule has 1 amide bonds. The van der Waals surface area contributed by atoms with Crippen molar-refractivity contribution >= 4 is 53.4 Å². The van der Waals surface area contributed by atoms with Crippen LogP contribution in [0.3, 0.4) is 0 Å². The van der Waals surface area contributed by atoms with Crippen LogP contribution in [-0.4, -0.2) is 42.0 Å². The second-order valence-electron chi connectivity index (χ2n) is 6.46. The third-order valence-corrected chi connectivity index (χ3v) is 7.21. The van der Waals surface area contributed by atoms with Crippen molar-refractivity contribution < 1.29 is 4.79 Å². The average molecular weight is 420 g/mol. The second-order valence-corrected chi connectivity index (χ2v) is 8.41. The van der Waals surface area contributed by atoms with Crippen LogP contribution in [0.4, 0.5) is 0 Å². The first-order chi connectivity index (χ1) is 11.2. The monoisotopic (exact) mass is 419 g/mol. The van der Waals surface area contributed by atoms with E-state index in [1.165, 1.54) is 0 Å². The number of rotatable bonds is 2. The maximum atomic E-state index is 13.0. The predicted octanol–water partition coefficient (Wildman–Crippen LogP) is 4.10. The molecule has 25 heavy (non-hydrogen) atoms. The summed E-state index contributed by atoms with van der Waals surface area (Å²) in [7, 11) is 0. The average Bonchev–Trinajstić information content (AvgIpc) is 3.26. The molecule has 1 N–H and O–H groups in total. The Hall–Kier alpha value is -0.660. The van der Waals surface area contributed by atoms with E-state index in [-0.39, 0.29) is 30.7 Å². The number of aryl methyl sites for hydroxylation is 1. The van der Waals surface area contributed by atoms with E-state index < -0.39 is 0 Å². The summed E-state index contributed by atoms with van der Waals surface area (Å²) in [6, 6.07) is 4.09. The molecule has 8 heteroatoms. The van der Waals surface area contributed by atoms with Crippen LogP contribution >= 0.6 is 47.5 Å². The van der Waals surface area contributed by atoms with Gasteiger partial charge in [-0.1, -0.05) is 6.07 Å². The van der Waals surface area contributed by atoms with Crippen molar-refractivity contribution in [3.63, 3.8) is 0 Å². The van der Waals surface area contributed by atoms with Crippen LogP contribution in [0.25, 0.3) is 9.88 Å². The molecule has 0 bridgehead atoms. The highest BCUT2D eigenvalue weighted by molar-refractivity contribution is 7.22. The van der Waals surface area contributed by atoms with Crippen molar-refractivity contribution in [2.75, 3.05) is 26.2 Å². The van der Waals surface area contributed by atoms with Crippen LogP contribution in [0.1, 0.15) is 28.2 Å². The number of carbonyl (C=O) groups excluding carboxylic acids is 1. The van der Waals surface area contributed by atoms with Crippen molar-refractivity contribution in [3.05, 3.63) is 28.1 Å². The number of amides is 1. The third-order valence-electron chi connectivity index (χ3n) is 5.03. The minimum atomic E-state index is 0. The summed E-state index contributed by atoms with van der Waals surface area (Å²) >= 11 is 3.22. The van der Waals surface area contributed by atoms with E-state index in [0.717, 1.165) is 71.3 Å². The Kier molecular flexibility index (Phi) is 7.29. The van der Waals surface area contributed by atoms with Crippen LogP contribution in [0, 0.1) is 18.8 Å². The lowest BCUT2D eigenvalue weighted by Crippen LogP contribution is -2.32. The molecule has 2 saturated heterocycles. The van der Waals surface area contributed by atoms with Crippen molar-refractivity contribution in [2.45, 2.75) is 19.8 Å². The lowest BCUT2D eigenvalue weighted by atomic mass is 9.92. The van der Waals surface area contributed by atoms with E-state index in [0.29, 0.717) is 0 Å². The highest BCUT2D eigenvalue weighted by atomic mass is 35.5. The fraction of sp³-hybridized carbons (Fsp3) is 0.529. The number of nitrogens with one attached hydrogen (secondary N) is 1. The standard InChI is InChI=1S/C17H21N3OS2.2ClH/c1-11-15(23-16(19-11)14-3-2-8-22-14)17(21)20-6-4-12-9-18-10-13(12)5-7-20;;/h2-3,8,12-13,18H,4-7,9-10H2,1H3;2*1H/t12-,13+;;. The molecule has 4 rings (SSSR count). The maximum Gasteiger partial charge on any atom is 0.265 e. The highest BCUT2D eigenvalue weighted by Gasteiger charge is 2.32. The zero-order valence-electron chi connectivity index (χ0n) is 14.1. The van der Waals surface area contributed by atoms with Gasteiger partial charge in [0.05, 0.1) is 10.6 Å². The number of nitrogens with zero attached hydrogens (tertiary/aromatic N) is 2. The molecule has 0 aliphatic carbocycles. The Labute approximate surface area is 168 Å². The molecule has 0 unspecified atom stereocenters. The smallest absolute Gasteiger partial charge is 0.265 e. The van der Waals surface area contributed by atoms with E-state index in [1.807, 2.05) is 13.0 Å². The van der Waals surface area contributed by atoms with Crippen LogP contribution in [-0.2, 0) is 0 Å². The molecule has 0 aromatic carbocycles. The molecule has 2 fully saturated rings. The van der Waals surface area contributed by atoms with E-state index in [1.54, 1.807) is 22.7 Å². The second kappa shape index (κ2) is 8.82. The first-order valence-corrected chi connectivity index (χ1v) is 9.93. The molecule has 2 aromatic heterocycles. The van der Waals surface area contributed by atoms with Crippen molar-refractivity contribution in [1.82, 2.24) is 15.2 Å². The lowest BCUT2D eigenvalue weighted by molar-refractivity contribution is 0.0762. The Morgan fingerprint density at radius 3 is 2.52 bits per heavy atom. The third kappa shape index (κ3) is 4.19. The number of halogens is 2. The molecule has 0 spiro atoms. The Morgan fingerprint density at radius 2 is 1.92 bits per heavy atom. The Bertz CT molecular complexity index is 691. The van der Waals surface area contributed by atoms with Gasteiger partial charge < -0.3 is 10.2 Å². The minimum absolute atomic E-state index is 0. The van der Waals surface area contributed by atoms with Gasteiger partial charge in [0.25, 0.3) is 5.91 Å². The number of thiazole rings is 1. The number of hydrogen-bond donors (Lipinski definition) is 1. The summed E-state index contributed by atoms with van der Waals surface area (Å²) in [4.78, 5) is 21.6. The van der Waals surface area contributed by atoms with Crippen molar-refractivity contribution in [2.24, 2.45) is 11.8 Å². The molecule has 2 atom stereocenters. The van der Waals surface area contributed by atoms with Crippen molar-refractivity contribution in [1.29, 1.82) is 0 Å². The van der Waals surface area contributed by atoms with Crippen LogP contribution < -0.4 is 5.32 Å².